The Hall–Kier alpha value is -2.54. The summed E-state index contributed by atoms with van der Waals surface area (Å²) in [6.45, 7) is 2.74. The SMILES string of the molecule is O=CO[C@H]1C=C[C@@H]2N3CC[C@]2(c2cc4c(cc2C3)OCO4)[C@H]1OC=O. The van der Waals surface area contributed by atoms with Crippen LogP contribution < -0.4 is 9.47 Å². The van der Waals surface area contributed by atoms with Gasteiger partial charge in [0.2, 0.25) is 6.79 Å². The zero-order chi connectivity index (χ0) is 17.0. The van der Waals surface area contributed by atoms with Gasteiger partial charge in [0.1, 0.15) is 0 Å². The molecule has 0 aromatic heterocycles. The van der Waals surface area contributed by atoms with E-state index in [0.29, 0.717) is 18.7 Å². The molecule has 5 atom stereocenters. The minimum Gasteiger partial charge on any atom is -0.459 e. The lowest BCUT2D eigenvalue weighted by atomic mass is 9.63. The Morgan fingerprint density at radius 3 is 2.72 bits per heavy atom. The van der Waals surface area contributed by atoms with Gasteiger partial charge in [-0.05, 0) is 35.8 Å². The smallest absolute Gasteiger partial charge is 0.293 e. The Morgan fingerprint density at radius 1 is 1.12 bits per heavy atom. The molecule has 1 aliphatic carbocycles. The van der Waals surface area contributed by atoms with Crippen LogP contribution in [0.3, 0.4) is 0 Å². The van der Waals surface area contributed by atoms with Crippen molar-refractivity contribution in [2.24, 2.45) is 0 Å². The van der Waals surface area contributed by atoms with Crippen LogP contribution in [0.1, 0.15) is 17.5 Å². The van der Waals surface area contributed by atoms with E-state index < -0.39 is 17.6 Å². The largest absolute Gasteiger partial charge is 0.459 e. The predicted molar refractivity (Wildman–Crippen MR) is 84.1 cm³/mol. The van der Waals surface area contributed by atoms with Gasteiger partial charge in [-0.15, -0.1) is 0 Å². The molecule has 7 heteroatoms. The molecular formula is C18H17NO6. The maximum atomic E-state index is 11.2. The molecule has 25 heavy (non-hydrogen) atoms. The monoisotopic (exact) mass is 343 g/mol. The number of ether oxygens (including phenoxy) is 4. The fourth-order valence-corrected chi connectivity index (χ4v) is 4.99. The molecule has 7 nitrogen and oxygen atoms in total. The van der Waals surface area contributed by atoms with E-state index in [-0.39, 0.29) is 12.8 Å². The van der Waals surface area contributed by atoms with Crippen LogP contribution in [-0.4, -0.2) is 49.4 Å². The highest BCUT2D eigenvalue weighted by Crippen LogP contribution is 2.55. The van der Waals surface area contributed by atoms with Gasteiger partial charge in [-0.25, -0.2) is 0 Å². The van der Waals surface area contributed by atoms with Crippen LogP contribution in [0.5, 0.6) is 11.5 Å². The van der Waals surface area contributed by atoms with Crippen molar-refractivity contribution in [1.29, 1.82) is 0 Å². The van der Waals surface area contributed by atoms with Gasteiger partial charge in [0, 0.05) is 19.1 Å². The summed E-state index contributed by atoms with van der Waals surface area (Å²) in [6.07, 6.45) is 3.53. The van der Waals surface area contributed by atoms with Crippen LogP contribution in [0, 0.1) is 0 Å². The second-order valence-electron chi connectivity index (χ2n) is 6.80. The van der Waals surface area contributed by atoms with E-state index in [1.165, 1.54) is 0 Å². The van der Waals surface area contributed by atoms with Gasteiger partial charge in [-0.1, -0.05) is 6.08 Å². The van der Waals surface area contributed by atoms with Gasteiger partial charge in [0.15, 0.2) is 23.7 Å². The summed E-state index contributed by atoms with van der Waals surface area (Å²) >= 11 is 0. The van der Waals surface area contributed by atoms with Crippen molar-refractivity contribution in [3.8, 4) is 11.5 Å². The Bertz CT molecular complexity index is 777. The first-order chi connectivity index (χ1) is 12.3. The van der Waals surface area contributed by atoms with Crippen molar-refractivity contribution in [1.82, 2.24) is 4.90 Å². The summed E-state index contributed by atoms with van der Waals surface area (Å²) in [7, 11) is 0. The fraction of sp³-hybridized carbons (Fsp3) is 0.444. The fourth-order valence-electron chi connectivity index (χ4n) is 4.99. The van der Waals surface area contributed by atoms with E-state index in [1.807, 2.05) is 18.2 Å². The Labute approximate surface area is 144 Å². The van der Waals surface area contributed by atoms with E-state index in [1.54, 1.807) is 0 Å². The summed E-state index contributed by atoms with van der Waals surface area (Å²) < 4.78 is 21.8. The first-order valence-corrected chi connectivity index (χ1v) is 8.31. The average Bonchev–Trinajstić information content (AvgIpc) is 3.18. The molecule has 1 fully saturated rings. The molecule has 1 saturated heterocycles. The lowest BCUT2D eigenvalue weighted by Gasteiger charge is -2.49. The number of rotatable bonds is 4. The highest BCUT2D eigenvalue weighted by atomic mass is 16.7. The lowest BCUT2D eigenvalue weighted by Crippen LogP contribution is -2.59. The van der Waals surface area contributed by atoms with Crippen LogP contribution in [0.4, 0.5) is 0 Å². The van der Waals surface area contributed by atoms with Crippen LogP contribution in [0.15, 0.2) is 24.3 Å². The normalized spacial score (nSPS) is 36.3. The van der Waals surface area contributed by atoms with E-state index >= 15 is 0 Å². The Morgan fingerprint density at radius 2 is 1.92 bits per heavy atom. The number of carbonyl (C=O) groups is 2. The third-order valence-electron chi connectivity index (χ3n) is 5.91. The first-order valence-electron chi connectivity index (χ1n) is 8.31. The molecule has 0 spiro atoms. The zero-order valence-electron chi connectivity index (χ0n) is 13.4. The molecule has 130 valence electrons. The van der Waals surface area contributed by atoms with Crippen molar-refractivity contribution in [2.45, 2.75) is 36.6 Å². The third-order valence-corrected chi connectivity index (χ3v) is 5.91. The molecule has 2 bridgehead atoms. The number of carbonyl (C=O) groups excluding carboxylic acids is 2. The van der Waals surface area contributed by atoms with Crippen LogP contribution >= 0.6 is 0 Å². The molecule has 5 rings (SSSR count). The lowest BCUT2D eigenvalue weighted by molar-refractivity contribution is -0.155. The average molecular weight is 343 g/mol. The Kier molecular flexibility index (Phi) is 3.09. The minimum atomic E-state index is -0.602. The van der Waals surface area contributed by atoms with Gasteiger partial charge in [-0.2, -0.15) is 0 Å². The van der Waals surface area contributed by atoms with Gasteiger partial charge < -0.3 is 18.9 Å². The third kappa shape index (κ3) is 1.84. The van der Waals surface area contributed by atoms with Crippen LogP contribution in [-0.2, 0) is 31.0 Å². The maximum Gasteiger partial charge on any atom is 0.293 e. The number of benzene rings is 1. The van der Waals surface area contributed by atoms with Crippen molar-refractivity contribution in [2.75, 3.05) is 13.3 Å². The Balaban J connectivity index is 1.70. The van der Waals surface area contributed by atoms with Gasteiger partial charge >= 0.3 is 0 Å². The number of hydrogen-bond donors (Lipinski definition) is 0. The molecule has 0 saturated carbocycles. The first kappa shape index (κ1) is 14.8. The second-order valence-corrected chi connectivity index (χ2v) is 6.80. The molecule has 1 aromatic carbocycles. The molecule has 4 aliphatic rings. The molecule has 3 aliphatic heterocycles. The van der Waals surface area contributed by atoms with Crippen molar-refractivity contribution in [3.63, 3.8) is 0 Å². The van der Waals surface area contributed by atoms with Crippen molar-refractivity contribution >= 4 is 12.9 Å². The number of nitrogens with zero attached hydrogens (tertiary/aromatic N) is 1. The number of hydrogen-bond acceptors (Lipinski definition) is 7. The molecule has 0 radical (unpaired) electrons. The van der Waals surface area contributed by atoms with Gasteiger partial charge in [0.05, 0.1) is 5.41 Å². The van der Waals surface area contributed by atoms with Crippen molar-refractivity contribution < 1.29 is 28.5 Å². The molecule has 0 N–H and O–H groups in total. The highest BCUT2D eigenvalue weighted by Gasteiger charge is 2.61. The summed E-state index contributed by atoms with van der Waals surface area (Å²) in [5, 5.41) is 0. The summed E-state index contributed by atoms with van der Waals surface area (Å²) in [4.78, 5) is 24.5. The molecular weight excluding hydrogens is 326 g/mol. The van der Waals surface area contributed by atoms with Gasteiger partial charge in [0.25, 0.3) is 12.9 Å². The molecule has 3 heterocycles. The number of fused-ring (bicyclic) bond motifs is 2. The quantitative estimate of drug-likeness (QED) is 0.594. The van der Waals surface area contributed by atoms with E-state index in [9.17, 15) is 9.59 Å². The second kappa shape index (κ2) is 5.23. The van der Waals surface area contributed by atoms with E-state index in [4.69, 9.17) is 18.9 Å². The van der Waals surface area contributed by atoms with Crippen molar-refractivity contribution in [3.05, 3.63) is 35.4 Å². The molecule has 0 amide bonds. The van der Waals surface area contributed by atoms with E-state index in [0.717, 1.165) is 36.4 Å². The highest BCUT2D eigenvalue weighted by molar-refractivity contribution is 5.56. The predicted octanol–water partition coefficient (Wildman–Crippen LogP) is 0.894. The van der Waals surface area contributed by atoms with Crippen LogP contribution in [0.25, 0.3) is 0 Å². The molecule has 1 unspecified atom stereocenters. The minimum absolute atomic E-state index is 0.0943. The summed E-state index contributed by atoms with van der Waals surface area (Å²) in [6, 6.07) is 4.11. The summed E-state index contributed by atoms with van der Waals surface area (Å²) in [5.74, 6) is 1.45. The van der Waals surface area contributed by atoms with Gasteiger partial charge in [-0.3, -0.25) is 14.5 Å². The maximum absolute atomic E-state index is 11.2. The zero-order valence-corrected chi connectivity index (χ0v) is 13.4. The van der Waals surface area contributed by atoms with Crippen LogP contribution in [0.2, 0.25) is 0 Å². The summed E-state index contributed by atoms with van der Waals surface area (Å²) in [5.41, 5.74) is 1.77. The molecule has 1 aromatic rings. The van der Waals surface area contributed by atoms with E-state index in [2.05, 4.69) is 11.0 Å². The standard InChI is InChI=1S/C18H17NO6/c20-8-22-13-1-2-16-18(17(13)23-9-21)3-4-19(16)7-11-5-14-15(6-12(11)18)25-10-24-14/h1-2,5-6,8-9,13,16-17H,3-4,7,10H2/t13-,16-,17-,18+/m0/s1. The topological polar surface area (TPSA) is 74.3 Å².